The Morgan fingerprint density at radius 1 is 0.750 bits per heavy atom. The molecule has 0 unspecified atom stereocenters. The van der Waals surface area contributed by atoms with Crippen LogP contribution in [0.2, 0.25) is 0 Å². The Hall–Kier alpha value is -3.64. The van der Waals surface area contributed by atoms with Crippen LogP contribution in [0.5, 0.6) is 0 Å². The zero-order valence-corrected chi connectivity index (χ0v) is 26.3. The summed E-state index contributed by atoms with van der Waals surface area (Å²) in [4.78, 5) is 29.1. The maximum atomic E-state index is 15.5. The minimum atomic E-state index is -3.42. The molecule has 0 saturated carbocycles. The average molecular weight is 606 g/mol. The number of hydrogen-bond donors (Lipinski definition) is 1. The molecule has 0 aromatic heterocycles. The largest absolute Gasteiger partial charge is 0.636 e. The van der Waals surface area contributed by atoms with E-state index in [-0.39, 0.29) is 18.5 Å². The summed E-state index contributed by atoms with van der Waals surface area (Å²) in [7, 11) is -3.42. The molecule has 1 heterocycles. The van der Waals surface area contributed by atoms with Crippen molar-refractivity contribution in [2.24, 2.45) is 5.92 Å². The number of benzene rings is 5. The third-order valence-corrected chi connectivity index (χ3v) is 11.3. The molecule has 1 aliphatic heterocycles. The summed E-state index contributed by atoms with van der Waals surface area (Å²) in [5.41, 5.74) is 3.15. The van der Waals surface area contributed by atoms with Crippen molar-refractivity contribution in [2.75, 3.05) is 13.1 Å². The minimum absolute atomic E-state index is 0.180. The van der Waals surface area contributed by atoms with Gasteiger partial charge in [0, 0.05) is 0 Å². The van der Waals surface area contributed by atoms with Gasteiger partial charge in [0.15, 0.2) is 7.94 Å². The number of nitrogens with one attached hydrogen (secondary N) is 1. The van der Waals surface area contributed by atoms with Crippen molar-refractivity contribution in [2.45, 2.75) is 46.0 Å². The van der Waals surface area contributed by atoms with E-state index in [1.807, 2.05) is 54.6 Å². The SMILES string of the molecule is CC(C)C[C@H](N[P+]1([O-])N(Cc2cccc3ccccc23)CCN1Cc1cccc2ccccc12)C(=O)OCc1ccccc1. The van der Waals surface area contributed by atoms with Gasteiger partial charge in [0.2, 0.25) is 0 Å². The molecule has 0 radical (unpaired) electrons. The van der Waals surface area contributed by atoms with E-state index in [4.69, 9.17) is 4.74 Å². The van der Waals surface area contributed by atoms with Crippen LogP contribution in [0.1, 0.15) is 37.0 Å². The topological polar surface area (TPSA) is 67.9 Å². The summed E-state index contributed by atoms with van der Waals surface area (Å²) in [6.07, 6.45) is 0.516. The minimum Gasteiger partial charge on any atom is -0.636 e. The van der Waals surface area contributed by atoms with Gasteiger partial charge in [-0.2, -0.15) is 5.09 Å². The molecule has 1 aliphatic rings. The van der Waals surface area contributed by atoms with Gasteiger partial charge in [-0.15, -0.1) is 9.34 Å². The van der Waals surface area contributed by atoms with Crippen molar-refractivity contribution in [1.82, 2.24) is 14.4 Å². The van der Waals surface area contributed by atoms with E-state index in [0.29, 0.717) is 32.6 Å². The molecule has 5 aromatic carbocycles. The molecule has 0 bridgehead atoms. The maximum absolute atomic E-state index is 15.5. The molecule has 1 N–H and O–H groups in total. The Bertz CT molecular complexity index is 1630. The normalized spacial score (nSPS) is 16.1. The third-order valence-electron chi connectivity index (χ3n) is 8.39. The third kappa shape index (κ3) is 6.71. The molecule has 6 nitrogen and oxygen atoms in total. The van der Waals surface area contributed by atoms with E-state index in [0.717, 1.165) is 38.2 Å². The number of carbonyl (C=O) groups is 1. The van der Waals surface area contributed by atoms with Crippen LogP contribution in [-0.2, 0) is 29.2 Å². The Balaban J connectivity index is 1.32. The number of ether oxygens (including phenoxy) is 1. The van der Waals surface area contributed by atoms with Gasteiger partial charge >= 0.3 is 5.97 Å². The van der Waals surface area contributed by atoms with Crippen molar-refractivity contribution >= 4 is 35.5 Å². The van der Waals surface area contributed by atoms with E-state index in [9.17, 15) is 4.79 Å². The van der Waals surface area contributed by atoms with Crippen molar-refractivity contribution in [1.29, 1.82) is 0 Å². The fourth-order valence-corrected chi connectivity index (χ4v) is 8.86. The number of fused-ring (bicyclic) bond motifs is 2. The van der Waals surface area contributed by atoms with Crippen LogP contribution in [-0.4, -0.2) is 34.4 Å². The lowest BCUT2D eigenvalue weighted by atomic mass is 10.0. The quantitative estimate of drug-likeness (QED) is 0.128. The molecule has 5 aromatic rings. The maximum Gasteiger partial charge on any atom is 0.327 e. The zero-order valence-electron chi connectivity index (χ0n) is 25.4. The lowest BCUT2D eigenvalue weighted by Crippen LogP contribution is -2.49. The van der Waals surface area contributed by atoms with Crippen molar-refractivity contribution in [3.05, 3.63) is 132 Å². The van der Waals surface area contributed by atoms with Crippen LogP contribution in [0.3, 0.4) is 0 Å². The summed E-state index contributed by atoms with van der Waals surface area (Å²) in [6, 6.07) is 38.1. The lowest BCUT2D eigenvalue weighted by molar-refractivity contribution is -0.196. The lowest BCUT2D eigenvalue weighted by Gasteiger charge is -2.41. The Labute approximate surface area is 260 Å². The number of esters is 1. The first kappa shape index (κ1) is 30.4. The van der Waals surface area contributed by atoms with Gasteiger partial charge in [0.25, 0.3) is 0 Å². The van der Waals surface area contributed by atoms with Gasteiger partial charge < -0.3 is 9.63 Å². The second kappa shape index (κ2) is 13.6. The highest BCUT2D eigenvalue weighted by atomic mass is 31.2. The number of rotatable bonds is 11. The molecule has 1 atom stereocenters. The van der Waals surface area contributed by atoms with Gasteiger partial charge in [-0.3, -0.25) is 4.79 Å². The molecule has 44 heavy (non-hydrogen) atoms. The molecule has 1 saturated heterocycles. The first-order chi connectivity index (χ1) is 21.4. The van der Waals surface area contributed by atoms with Crippen LogP contribution in [0.15, 0.2) is 115 Å². The molecule has 0 amide bonds. The average Bonchev–Trinajstić information content (AvgIpc) is 3.33. The second-order valence-electron chi connectivity index (χ2n) is 12.0. The molecule has 7 heteroatoms. The molecular weight excluding hydrogens is 565 g/mol. The van der Waals surface area contributed by atoms with Gasteiger partial charge in [-0.25, -0.2) is 0 Å². The summed E-state index contributed by atoms with van der Waals surface area (Å²) in [5, 5.41) is 8.03. The first-order valence-corrected chi connectivity index (χ1v) is 17.0. The predicted molar refractivity (Wildman–Crippen MR) is 178 cm³/mol. The summed E-state index contributed by atoms with van der Waals surface area (Å²) in [6.45, 7) is 6.57. The van der Waals surface area contributed by atoms with E-state index in [1.54, 1.807) is 0 Å². The molecule has 226 valence electrons. The summed E-state index contributed by atoms with van der Waals surface area (Å²) < 4.78 is 9.92. The number of nitrogens with zero attached hydrogens (tertiary/aromatic N) is 2. The summed E-state index contributed by atoms with van der Waals surface area (Å²) in [5.74, 6) is -0.177. The number of carbonyl (C=O) groups excluding carboxylic acids is 1. The number of hydrogen-bond acceptors (Lipinski definition) is 6. The summed E-state index contributed by atoms with van der Waals surface area (Å²) >= 11 is 0. The van der Waals surface area contributed by atoms with Gasteiger partial charge in [0.1, 0.15) is 12.6 Å². The van der Waals surface area contributed by atoms with E-state index < -0.39 is 14.0 Å². The monoisotopic (exact) mass is 605 g/mol. The van der Waals surface area contributed by atoms with E-state index in [2.05, 4.69) is 88.9 Å². The van der Waals surface area contributed by atoms with Crippen molar-refractivity contribution < 1.29 is 14.4 Å². The molecule has 1 fully saturated rings. The van der Waals surface area contributed by atoms with Crippen LogP contribution in [0.25, 0.3) is 21.5 Å². The van der Waals surface area contributed by atoms with Crippen molar-refractivity contribution in [3.8, 4) is 0 Å². The Morgan fingerprint density at radius 2 is 1.25 bits per heavy atom. The van der Waals surface area contributed by atoms with E-state index >= 15 is 4.89 Å². The molecule has 6 rings (SSSR count). The van der Waals surface area contributed by atoms with Gasteiger partial charge in [0.05, 0.1) is 26.2 Å². The van der Waals surface area contributed by atoms with Gasteiger partial charge in [-0.05, 0) is 50.6 Å². The van der Waals surface area contributed by atoms with Crippen LogP contribution >= 0.6 is 7.94 Å². The second-order valence-corrected chi connectivity index (χ2v) is 14.5. The highest BCUT2D eigenvalue weighted by molar-refractivity contribution is 7.62. The van der Waals surface area contributed by atoms with Crippen LogP contribution < -0.4 is 9.98 Å². The molecule has 0 spiro atoms. The highest BCUT2D eigenvalue weighted by Crippen LogP contribution is 2.59. The molecule has 0 aliphatic carbocycles. The van der Waals surface area contributed by atoms with Crippen LogP contribution in [0.4, 0.5) is 0 Å². The smallest absolute Gasteiger partial charge is 0.327 e. The van der Waals surface area contributed by atoms with E-state index in [1.165, 1.54) is 0 Å². The predicted octanol–water partition coefficient (Wildman–Crippen LogP) is 7.10. The Morgan fingerprint density at radius 3 is 1.80 bits per heavy atom. The standard InChI is InChI=1S/C37H40N3O3P/c1-28(2)24-36(37(41)43-27-29-12-4-3-5-13-29)38-44(42)39(25-32-18-10-16-30-14-6-8-20-34(30)32)22-23-40(44)26-33-19-11-17-31-15-7-9-21-35(31)33/h3-21,28,36H,22-27H2,1-2H3,(H,38,42)/t36-/m0/s1. The molecular formula is C37H40N3O3P. The zero-order chi connectivity index (χ0) is 30.5. The highest BCUT2D eigenvalue weighted by Gasteiger charge is 2.50. The van der Waals surface area contributed by atoms with Crippen molar-refractivity contribution in [3.63, 3.8) is 0 Å². The fourth-order valence-electron chi connectivity index (χ4n) is 6.15. The fraction of sp³-hybridized carbons (Fsp3) is 0.270. The van der Waals surface area contributed by atoms with Crippen LogP contribution in [0, 0.1) is 5.92 Å². The Kier molecular flexibility index (Phi) is 9.36. The van der Waals surface area contributed by atoms with Gasteiger partial charge in [-0.1, -0.05) is 129 Å². The first-order valence-electron chi connectivity index (χ1n) is 15.4.